The van der Waals surface area contributed by atoms with Crippen LogP contribution < -0.4 is 5.32 Å². The molecule has 0 radical (unpaired) electrons. The van der Waals surface area contributed by atoms with Gasteiger partial charge in [-0.15, -0.1) is 11.3 Å². The molecule has 5 nitrogen and oxygen atoms in total. The van der Waals surface area contributed by atoms with Gasteiger partial charge in [0.2, 0.25) is 0 Å². The maximum absolute atomic E-state index is 12.5. The second-order valence-corrected chi connectivity index (χ2v) is 7.20. The number of rotatable bonds is 5. The number of ether oxygens (including phenoxy) is 1. The number of carbonyl (C=O) groups is 2. The van der Waals surface area contributed by atoms with Crippen LogP contribution in [0.15, 0.2) is 23.1 Å². The molecule has 0 bridgehead atoms. The van der Waals surface area contributed by atoms with Crippen LogP contribution in [0.4, 0.5) is 5.00 Å². The first-order valence-corrected chi connectivity index (χ1v) is 9.27. The predicted molar refractivity (Wildman–Crippen MR) is 100 cm³/mol. The number of hydrogen-bond acceptors (Lipinski definition) is 6. The Labute approximate surface area is 155 Å². The molecule has 2 aromatic rings. The fourth-order valence-electron chi connectivity index (χ4n) is 2.20. The summed E-state index contributed by atoms with van der Waals surface area (Å²) in [7, 11) is 0. The van der Waals surface area contributed by atoms with Gasteiger partial charge in [-0.2, -0.15) is 5.26 Å². The number of thiocyanates is 1. The monoisotopic (exact) mass is 374 g/mol. The zero-order chi connectivity index (χ0) is 18.6. The minimum Gasteiger partial charge on any atom is -0.462 e. The molecule has 25 heavy (non-hydrogen) atoms. The summed E-state index contributed by atoms with van der Waals surface area (Å²) in [6, 6.07) is 5.45. The number of thiophene rings is 1. The number of anilines is 1. The van der Waals surface area contributed by atoms with Crippen molar-refractivity contribution in [2.75, 3.05) is 11.9 Å². The summed E-state index contributed by atoms with van der Waals surface area (Å²) in [5.41, 5.74) is 3.30. The van der Waals surface area contributed by atoms with Crippen molar-refractivity contribution >= 4 is 40.0 Å². The van der Waals surface area contributed by atoms with Gasteiger partial charge in [0.1, 0.15) is 15.3 Å². The van der Waals surface area contributed by atoms with E-state index in [4.69, 9.17) is 10.00 Å². The molecule has 0 spiro atoms. The van der Waals surface area contributed by atoms with Crippen molar-refractivity contribution in [3.8, 4) is 5.40 Å². The minimum atomic E-state index is -0.448. The van der Waals surface area contributed by atoms with E-state index < -0.39 is 5.97 Å². The Morgan fingerprint density at radius 2 is 2.00 bits per heavy atom. The topological polar surface area (TPSA) is 79.2 Å². The molecular weight excluding hydrogens is 356 g/mol. The number of thioether (sulfide) groups is 1. The van der Waals surface area contributed by atoms with Crippen molar-refractivity contribution in [3.05, 3.63) is 45.3 Å². The number of aryl methyl sites for hydroxylation is 2. The van der Waals surface area contributed by atoms with Crippen LogP contribution in [0, 0.1) is 31.4 Å². The molecule has 0 saturated heterocycles. The maximum Gasteiger partial charge on any atom is 0.348 e. The van der Waals surface area contributed by atoms with Gasteiger partial charge in [-0.05, 0) is 68.3 Å². The SMILES string of the molecule is CCOC(=O)c1sc(NC(=O)c2ccc(C)c(C)c2)c(SC#N)c1C. The Hall–Kier alpha value is -2.30. The lowest BCUT2D eigenvalue weighted by Gasteiger charge is -2.07. The van der Waals surface area contributed by atoms with Gasteiger partial charge in [0.15, 0.2) is 0 Å². The van der Waals surface area contributed by atoms with E-state index >= 15 is 0 Å². The molecular formula is C18H18N2O3S2. The standard InChI is InChI=1S/C18H18N2O3S2/c1-5-23-18(22)15-12(4)14(24-9-19)17(25-15)20-16(21)13-7-6-10(2)11(3)8-13/h6-8H,5H2,1-4H3,(H,20,21). The van der Waals surface area contributed by atoms with Gasteiger partial charge in [-0.3, -0.25) is 4.79 Å². The summed E-state index contributed by atoms with van der Waals surface area (Å²) < 4.78 is 5.04. The first-order chi connectivity index (χ1) is 11.9. The number of nitrogens with zero attached hydrogens (tertiary/aromatic N) is 1. The van der Waals surface area contributed by atoms with Crippen molar-refractivity contribution < 1.29 is 14.3 Å². The number of amides is 1. The van der Waals surface area contributed by atoms with E-state index in [0.29, 0.717) is 25.9 Å². The number of nitrogens with one attached hydrogen (secondary N) is 1. The second kappa shape index (κ2) is 8.19. The molecule has 130 valence electrons. The molecule has 1 N–H and O–H groups in total. The fraction of sp³-hybridized carbons (Fsp3) is 0.278. The third-order valence-corrected chi connectivity index (χ3v) is 5.82. The van der Waals surface area contributed by atoms with Crippen molar-refractivity contribution in [2.24, 2.45) is 0 Å². The molecule has 1 aromatic carbocycles. The van der Waals surface area contributed by atoms with Crippen LogP contribution in [-0.4, -0.2) is 18.5 Å². The minimum absolute atomic E-state index is 0.265. The Morgan fingerprint density at radius 1 is 1.28 bits per heavy atom. The second-order valence-electron chi connectivity index (χ2n) is 5.38. The molecule has 7 heteroatoms. The van der Waals surface area contributed by atoms with Gasteiger partial charge in [-0.1, -0.05) is 6.07 Å². The zero-order valence-electron chi connectivity index (χ0n) is 14.4. The summed E-state index contributed by atoms with van der Waals surface area (Å²) in [5.74, 6) is -0.726. The first kappa shape index (κ1) is 19.0. The quantitative estimate of drug-likeness (QED) is 0.467. The number of benzene rings is 1. The highest BCUT2D eigenvalue weighted by Crippen LogP contribution is 2.40. The number of carbonyl (C=O) groups excluding carboxylic acids is 2. The van der Waals surface area contributed by atoms with E-state index in [1.807, 2.05) is 31.4 Å². The summed E-state index contributed by atoms with van der Waals surface area (Å²) >= 11 is 2.05. The van der Waals surface area contributed by atoms with Crippen molar-refractivity contribution in [2.45, 2.75) is 32.6 Å². The van der Waals surface area contributed by atoms with Crippen LogP contribution in [0.5, 0.6) is 0 Å². The van der Waals surface area contributed by atoms with Crippen LogP contribution in [0.3, 0.4) is 0 Å². The summed E-state index contributed by atoms with van der Waals surface area (Å²) in [4.78, 5) is 25.6. The van der Waals surface area contributed by atoms with Crippen LogP contribution in [0.2, 0.25) is 0 Å². The number of esters is 1. The smallest absolute Gasteiger partial charge is 0.348 e. The number of hydrogen-bond donors (Lipinski definition) is 1. The van der Waals surface area contributed by atoms with Crippen LogP contribution in [0.25, 0.3) is 0 Å². The lowest BCUT2D eigenvalue weighted by atomic mass is 10.1. The fourth-order valence-corrected chi connectivity index (χ4v) is 3.99. The van der Waals surface area contributed by atoms with Crippen molar-refractivity contribution in [1.29, 1.82) is 5.26 Å². The highest BCUT2D eigenvalue weighted by molar-refractivity contribution is 8.04. The maximum atomic E-state index is 12.5. The molecule has 2 rings (SSSR count). The van der Waals surface area contributed by atoms with E-state index in [2.05, 4.69) is 5.32 Å². The largest absolute Gasteiger partial charge is 0.462 e. The summed E-state index contributed by atoms with van der Waals surface area (Å²) in [6.45, 7) is 7.66. The van der Waals surface area contributed by atoms with Gasteiger partial charge in [0.05, 0.1) is 11.5 Å². The molecule has 0 fully saturated rings. The van der Waals surface area contributed by atoms with Crippen LogP contribution >= 0.6 is 23.1 Å². The molecule has 0 aliphatic rings. The highest BCUT2D eigenvalue weighted by atomic mass is 32.2. The van der Waals surface area contributed by atoms with Gasteiger partial charge in [0.25, 0.3) is 5.91 Å². The van der Waals surface area contributed by atoms with E-state index in [1.165, 1.54) is 0 Å². The Kier molecular flexibility index (Phi) is 6.23. The molecule has 1 amide bonds. The van der Waals surface area contributed by atoms with E-state index in [-0.39, 0.29) is 12.5 Å². The lowest BCUT2D eigenvalue weighted by Crippen LogP contribution is -2.11. The molecule has 1 heterocycles. The lowest BCUT2D eigenvalue weighted by molar-refractivity contribution is 0.0531. The van der Waals surface area contributed by atoms with Crippen LogP contribution in [0.1, 0.15) is 43.6 Å². The van der Waals surface area contributed by atoms with Gasteiger partial charge < -0.3 is 10.1 Å². The molecule has 1 aromatic heterocycles. The Bertz CT molecular complexity index is 866. The Balaban J connectivity index is 2.35. The summed E-state index contributed by atoms with van der Waals surface area (Å²) in [6.07, 6.45) is 0. The predicted octanol–water partition coefficient (Wildman–Crippen LogP) is 4.68. The first-order valence-electron chi connectivity index (χ1n) is 7.64. The van der Waals surface area contributed by atoms with Crippen molar-refractivity contribution in [1.82, 2.24) is 0 Å². The van der Waals surface area contributed by atoms with Gasteiger partial charge in [0, 0.05) is 5.56 Å². The molecule has 0 atom stereocenters. The molecule has 0 aliphatic heterocycles. The third-order valence-electron chi connectivity index (χ3n) is 3.70. The average Bonchev–Trinajstić information content (AvgIpc) is 2.87. The van der Waals surface area contributed by atoms with Gasteiger partial charge >= 0.3 is 5.97 Å². The van der Waals surface area contributed by atoms with Crippen LogP contribution in [-0.2, 0) is 4.74 Å². The molecule has 0 unspecified atom stereocenters. The molecule has 0 aliphatic carbocycles. The van der Waals surface area contributed by atoms with E-state index in [0.717, 1.165) is 34.2 Å². The highest BCUT2D eigenvalue weighted by Gasteiger charge is 2.23. The summed E-state index contributed by atoms with van der Waals surface area (Å²) in [5, 5.41) is 14.3. The molecule has 0 saturated carbocycles. The average molecular weight is 374 g/mol. The van der Waals surface area contributed by atoms with Gasteiger partial charge in [-0.25, -0.2) is 4.79 Å². The normalized spacial score (nSPS) is 10.2. The Morgan fingerprint density at radius 3 is 2.60 bits per heavy atom. The van der Waals surface area contributed by atoms with Crippen molar-refractivity contribution in [3.63, 3.8) is 0 Å². The number of nitriles is 1. The van der Waals surface area contributed by atoms with E-state index in [9.17, 15) is 9.59 Å². The van der Waals surface area contributed by atoms with E-state index in [1.54, 1.807) is 19.9 Å². The third kappa shape index (κ3) is 4.21. The zero-order valence-corrected chi connectivity index (χ0v) is 16.1.